The molecule has 1 fully saturated rings. The van der Waals surface area contributed by atoms with Crippen LogP contribution in [0.1, 0.15) is 36.3 Å². The number of hydrogen-bond acceptors (Lipinski definition) is 8. The van der Waals surface area contributed by atoms with Crippen LogP contribution in [-0.4, -0.2) is 56.1 Å². The number of benzene rings is 2. The summed E-state index contributed by atoms with van der Waals surface area (Å²) < 4.78 is 10.7. The Labute approximate surface area is 212 Å². The number of Topliss-reactive ketones (excluding diaryl/α,β-unsaturated/α-hetero) is 1. The van der Waals surface area contributed by atoms with Crippen molar-refractivity contribution in [1.29, 1.82) is 0 Å². The molecule has 5 rings (SSSR count). The largest absolute Gasteiger partial charge is 0.497 e. The summed E-state index contributed by atoms with van der Waals surface area (Å²) in [6.07, 6.45) is 1.23. The molecule has 8 nitrogen and oxygen atoms in total. The number of carbonyl (C=O) groups is 1. The fraction of sp³-hybridized carbons (Fsp3) is 0.393. The molecule has 0 bridgehead atoms. The number of hydrogen-bond donors (Lipinski definition) is 1. The van der Waals surface area contributed by atoms with Crippen molar-refractivity contribution in [3.63, 3.8) is 0 Å². The lowest BCUT2D eigenvalue weighted by Gasteiger charge is -2.37. The third-order valence-corrected chi connectivity index (χ3v) is 6.87. The predicted molar refractivity (Wildman–Crippen MR) is 142 cm³/mol. The number of carbonyl (C=O) groups excluding carboxylic acids is 1. The highest BCUT2D eigenvalue weighted by Crippen LogP contribution is 2.38. The summed E-state index contributed by atoms with van der Waals surface area (Å²) in [7, 11) is 3.33. The van der Waals surface area contributed by atoms with E-state index in [0.29, 0.717) is 23.8 Å². The lowest BCUT2D eigenvalue weighted by Crippen LogP contribution is -2.47. The van der Waals surface area contributed by atoms with Gasteiger partial charge in [0.15, 0.2) is 5.78 Å². The summed E-state index contributed by atoms with van der Waals surface area (Å²) in [6, 6.07) is 15.8. The molecule has 0 unspecified atom stereocenters. The van der Waals surface area contributed by atoms with Crippen LogP contribution in [0.2, 0.25) is 0 Å². The lowest BCUT2D eigenvalue weighted by molar-refractivity contribution is 0.0911. The van der Waals surface area contributed by atoms with Crippen molar-refractivity contribution in [3.05, 3.63) is 59.8 Å². The maximum Gasteiger partial charge on any atom is 0.227 e. The Hall–Kier alpha value is -3.81. The molecule has 8 heteroatoms. The Bertz CT molecular complexity index is 1250. The van der Waals surface area contributed by atoms with Crippen LogP contribution in [0, 0.1) is 5.41 Å². The molecule has 0 saturated carbocycles. The molecule has 1 aromatic heterocycles. The average molecular weight is 488 g/mol. The highest BCUT2D eigenvalue weighted by Gasteiger charge is 2.35. The highest BCUT2D eigenvalue weighted by molar-refractivity contribution is 6.03. The first kappa shape index (κ1) is 23.9. The fourth-order valence-corrected chi connectivity index (χ4v) is 4.97. The van der Waals surface area contributed by atoms with Crippen LogP contribution in [0.15, 0.2) is 48.5 Å². The summed E-state index contributed by atoms with van der Waals surface area (Å²) in [5.74, 6) is 2.97. The van der Waals surface area contributed by atoms with Gasteiger partial charge in [-0.1, -0.05) is 19.9 Å². The molecule has 1 N–H and O–H groups in total. The van der Waals surface area contributed by atoms with Gasteiger partial charge in [-0.15, -0.1) is 0 Å². The van der Waals surface area contributed by atoms with E-state index in [1.54, 1.807) is 14.2 Å². The molecule has 0 radical (unpaired) electrons. The first-order valence-corrected chi connectivity index (χ1v) is 12.3. The average Bonchev–Trinajstić information content (AvgIpc) is 2.88. The van der Waals surface area contributed by atoms with E-state index in [2.05, 4.69) is 41.1 Å². The molecule has 188 valence electrons. The third-order valence-electron chi connectivity index (χ3n) is 6.87. The number of methoxy groups -OCH3 is 2. The minimum Gasteiger partial charge on any atom is -0.497 e. The molecule has 1 aliphatic heterocycles. The topological polar surface area (TPSA) is 79.8 Å². The van der Waals surface area contributed by atoms with Crippen molar-refractivity contribution < 1.29 is 14.3 Å². The Morgan fingerprint density at radius 3 is 2.25 bits per heavy atom. The summed E-state index contributed by atoms with van der Waals surface area (Å²) in [5, 5.41) is 3.39. The van der Waals surface area contributed by atoms with Crippen LogP contribution in [-0.2, 0) is 6.42 Å². The van der Waals surface area contributed by atoms with Crippen LogP contribution >= 0.6 is 0 Å². The van der Waals surface area contributed by atoms with E-state index >= 15 is 0 Å². The Morgan fingerprint density at radius 2 is 1.56 bits per heavy atom. The number of anilines is 4. The van der Waals surface area contributed by atoms with E-state index in [9.17, 15) is 4.79 Å². The van der Waals surface area contributed by atoms with Crippen molar-refractivity contribution in [2.45, 2.75) is 26.7 Å². The molecule has 0 atom stereocenters. The number of nitrogens with one attached hydrogen (secondary N) is 1. The van der Waals surface area contributed by atoms with Crippen LogP contribution in [0.5, 0.6) is 11.5 Å². The van der Waals surface area contributed by atoms with Gasteiger partial charge in [-0.3, -0.25) is 4.79 Å². The molecule has 0 spiro atoms. The third kappa shape index (κ3) is 4.94. The molecule has 2 aromatic carbocycles. The number of ether oxygens (including phenoxy) is 2. The normalized spacial score (nSPS) is 16.9. The van der Waals surface area contributed by atoms with Gasteiger partial charge in [-0.25, -0.2) is 4.98 Å². The number of aromatic nitrogens is 2. The first-order chi connectivity index (χ1) is 17.3. The Morgan fingerprint density at radius 1 is 0.861 bits per heavy atom. The standard InChI is InChI=1S/C28H33N5O3/c1-28(2)17-23-25(24(34)18-28)26(29-19-8-10-21(35-3)11-9-19)31-27(30-23)33-14-12-32(13-15-33)20-6-5-7-22(16-20)36-4/h5-11,16H,12-15,17-18H2,1-4H3,(H,29,30,31). The lowest BCUT2D eigenvalue weighted by atomic mass is 9.75. The Kier molecular flexibility index (Phi) is 6.43. The van der Waals surface area contributed by atoms with Crippen LogP contribution in [0.4, 0.5) is 23.1 Å². The molecule has 2 heterocycles. The van der Waals surface area contributed by atoms with Crippen molar-refractivity contribution in [1.82, 2.24) is 9.97 Å². The molecule has 36 heavy (non-hydrogen) atoms. The number of nitrogens with zero attached hydrogens (tertiary/aromatic N) is 4. The monoisotopic (exact) mass is 487 g/mol. The second-order valence-corrected chi connectivity index (χ2v) is 10.2. The fourth-order valence-electron chi connectivity index (χ4n) is 4.97. The quantitative estimate of drug-likeness (QED) is 0.535. The summed E-state index contributed by atoms with van der Waals surface area (Å²) in [6.45, 7) is 7.52. The smallest absolute Gasteiger partial charge is 0.227 e. The molecule has 3 aromatic rings. The van der Waals surface area contributed by atoms with E-state index in [1.165, 1.54) is 0 Å². The minimum atomic E-state index is -0.127. The second kappa shape index (κ2) is 9.68. The zero-order valence-corrected chi connectivity index (χ0v) is 21.4. The van der Waals surface area contributed by atoms with Gasteiger partial charge >= 0.3 is 0 Å². The van der Waals surface area contributed by atoms with E-state index in [4.69, 9.17) is 19.4 Å². The zero-order chi connectivity index (χ0) is 25.3. The van der Waals surface area contributed by atoms with Gasteiger partial charge in [0.1, 0.15) is 17.3 Å². The molecule has 2 aliphatic rings. The Balaban J connectivity index is 1.42. The van der Waals surface area contributed by atoms with E-state index in [1.807, 2.05) is 36.4 Å². The zero-order valence-electron chi connectivity index (χ0n) is 21.4. The van der Waals surface area contributed by atoms with Crippen molar-refractivity contribution in [2.24, 2.45) is 5.41 Å². The van der Waals surface area contributed by atoms with Crippen molar-refractivity contribution >= 4 is 28.9 Å². The molecule has 1 saturated heterocycles. The maximum atomic E-state index is 13.2. The van der Waals surface area contributed by atoms with E-state index < -0.39 is 0 Å². The number of rotatable bonds is 6. The number of fused-ring (bicyclic) bond motifs is 1. The van der Waals surface area contributed by atoms with E-state index in [-0.39, 0.29) is 11.2 Å². The summed E-state index contributed by atoms with van der Waals surface area (Å²) in [5.41, 5.74) is 3.31. The van der Waals surface area contributed by atoms with Crippen molar-refractivity contribution in [3.8, 4) is 11.5 Å². The highest BCUT2D eigenvalue weighted by atomic mass is 16.5. The molecular weight excluding hydrogens is 454 g/mol. The first-order valence-electron chi connectivity index (χ1n) is 12.3. The second-order valence-electron chi connectivity index (χ2n) is 10.2. The number of piperazine rings is 1. The van der Waals surface area contributed by atoms with Gasteiger partial charge in [-0.2, -0.15) is 4.98 Å². The summed E-state index contributed by atoms with van der Waals surface area (Å²) in [4.78, 5) is 27.6. The van der Waals surface area contributed by atoms with Gasteiger partial charge in [0, 0.05) is 50.0 Å². The van der Waals surface area contributed by atoms with Gasteiger partial charge in [-0.05, 0) is 48.2 Å². The molecule has 0 amide bonds. The molecule has 1 aliphatic carbocycles. The van der Waals surface area contributed by atoms with Gasteiger partial charge in [0.2, 0.25) is 5.95 Å². The number of ketones is 1. The van der Waals surface area contributed by atoms with Crippen LogP contribution < -0.4 is 24.6 Å². The maximum absolute atomic E-state index is 13.2. The van der Waals surface area contributed by atoms with Crippen molar-refractivity contribution in [2.75, 3.05) is 55.5 Å². The van der Waals surface area contributed by atoms with Gasteiger partial charge in [0.05, 0.1) is 25.5 Å². The van der Waals surface area contributed by atoms with Crippen LogP contribution in [0.3, 0.4) is 0 Å². The van der Waals surface area contributed by atoms with E-state index in [0.717, 1.165) is 61.2 Å². The SMILES string of the molecule is COc1ccc(Nc2nc(N3CCN(c4cccc(OC)c4)CC3)nc3c2C(=O)CC(C)(C)C3)cc1. The van der Waals surface area contributed by atoms with Gasteiger partial charge in [0.25, 0.3) is 0 Å². The van der Waals surface area contributed by atoms with Gasteiger partial charge < -0.3 is 24.6 Å². The van der Waals surface area contributed by atoms with Crippen LogP contribution in [0.25, 0.3) is 0 Å². The summed E-state index contributed by atoms with van der Waals surface area (Å²) >= 11 is 0. The minimum absolute atomic E-state index is 0.0895. The molecular formula is C28H33N5O3. The predicted octanol–water partition coefficient (Wildman–Crippen LogP) is 4.72.